The SMILES string of the molecule is CCC(CC)(CO[C@H]1[C@H](OC)C[C@@]23COC[C@]1(C)[C@@H]2CC[C@H]1C3=CC[C@@]2(C)[C@H](C(=O)O)[C@@](C)([C@H](C)C(C)C)CC[C@]12C)NC. The molecule has 0 unspecified atom stereocenters. The number of carboxylic acids is 1. The van der Waals surface area contributed by atoms with Crippen LogP contribution in [0.5, 0.6) is 0 Å². The fourth-order valence-corrected chi connectivity index (χ4v) is 12.2. The summed E-state index contributed by atoms with van der Waals surface area (Å²) in [5.74, 6) is 0.667. The number of likely N-dealkylation sites (N-methyl/N-ethyl adjacent to an activating group) is 1. The summed E-state index contributed by atoms with van der Waals surface area (Å²) < 4.78 is 20.0. The number of aliphatic carboxylic acids is 1. The van der Waals surface area contributed by atoms with Crippen LogP contribution in [0.2, 0.25) is 0 Å². The molecule has 11 atom stereocenters. The lowest BCUT2D eigenvalue weighted by Gasteiger charge is -2.71. The molecule has 6 nitrogen and oxygen atoms in total. The van der Waals surface area contributed by atoms with Crippen molar-refractivity contribution in [2.24, 2.45) is 56.7 Å². The van der Waals surface area contributed by atoms with Crippen LogP contribution in [0.25, 0.3) is 0 Å². The third-order valence-electron chi connectivity index (χ3n) is 15.8. The molecular weight excluding hydrogens is 550 g/mol. The second-order valence-corrected chi connectivity index (χ2v) is 17.3. The van der Waals surface area contributed by atoms with Crippen molar-refractivity contribution in [3.8, 4) is 0 Å². The smallest absolute Gasteiger partial charge is 0.307 e. The molecule has 2 bridgehead atoms. The Morgan fingerprint density at radius 3 is 2.34 bits per heavy atom. The molecule has 0 aromatic rings. The van der Waals surface area contributed by atoms with Crippen molar-refractivity contribution in [1.82, 2.24) is 5.32 Å². The van der Waals surface area contributed by atoms with Crippen LogP contribution in [0, 0.1) is 56.7 Å². The molecule has 1 heterocycles. The van der Waals surface area contributed by atoms with Crippen molar-refractivity contribution >= 4 is 5.97 Å². The topological polar surface area (TPSA) is 77.0 Å². The van der Waals surface area contributed by atoms with Gasteiger partial charge in [0.1, 0.15) is 0 Å². The van der Waals surface area contributed by atoms with E-state index in [4.69, 9.17) is 14.2 Å². The maximum Gasteiger partial charge on any atom is 0.307 e. The number of hydrogen-bond acceptors (Lipinski definition) is 5. The molecule has 0 aromatic carbocycles. The largest absolute Gasteiger partial charge is 0.481 e. The van der Waals surface area contributed by atoms with Gasteiger partial charge in [-0.15, -0.1) is 0 Å². The van der Waals surface area contributed by atoms with Crippen LogP contribution in [-0.2, 0) is 19.0 Å². The summed E-state index contributed by atoms with van der Waals surface area (Å²) in [5.41, 5.74) is 0.699. The van der Waals surface area contributed by atoms with Gasteiger partial charge in [0.2, 0.25) is 0 Å². The number of carbonyl (C=O) groups is 1. The zero-order valence-electron chi connectivity index (χ0n) is 30.0. The van der Waals surface area contributed by atoms with Crippen molar-refractivity contribution in [2.45, 2.75) is 131 Å². The lowest BCUT2D eigenvalue weighted by molar-refractivity contribution is -0.269. The molecule has 0 aromatic heterocycles. The molecule has 44 heavy (non-hydrogen) atoms. The van der Waals surface area contributed by atoms with Crippen LogP contribution in [0.1, 0.15) is 114 Å². The first-order chi connectivity index (χ1) is 20.6. The molecule has 2 N–H and O–H groups in total. The summed E-state index contributed by atoms with van der Waals surface area (Å²) in [6.07, 6.45) is 10.6. The van der Waals surface area contributed by atoms with Crippen molar-refractivity contribution in [2.75, 3.05) is 34.0 Å². The molecule has 0 radical (unpaired) electrons. The third-order valence-corrected chi connectivity index (χ3v) is 15.8. The first-order valence-electron chi connectivity index (χ1n) is 17.9. The van der Waals surface area contributed by atoms with Gasteiger partial charge < -0.3 is 24.6 Å². The van der Waals surface area contributed by atoms with E-state index < -0.39 is 5.97 Å². The summed E-state index contributed by atoms with van der Waals surface area (Å²) >= 11 is 0. The highest BCUT2D eigenvalue weighted by Gasteiger charge is 2.71. The number of methoxy groups -OCH3 is 1. The van der Waals surface area contributed by atoms with E-state index in [1.807, 2.05) is 7.11 Å². The summed E-state index contributed by atoms with van der Waals surface area (Å²) in [5, 5.41) is 14.5. The van der Waals surface area contributed by atoms with E-state index in [1.54, 1.807) is 5.57 Å². The Balaban J connectivity index is 1.54. The van der Waals surface area contributed by atoms with Gasteiger partial charge in [-0.2, -0.15) is 0 Å². The van der Waals surface area contributed by atoms with Crippen molar-refractivity contribution < 1.29 is 24.1 Å². The minimum atomic E-state index is -0.598. The predicted molar refractivity (Wildman–Crippen MR) is 176 cm³/mol. The monoisotopic (exact) mass is 615 g/mol. The molecule has 5 rings (SSSR count). The molecule has 0 amide bonds. The van der Waals surface area contributed by atoms with Crippen LogP contribution in [0.15, 0.2) is 11.6 Å². The zero-order valence-corrected chi connectivity index (χ0v) is 30.0. The molecule has 5 aliphatic rings. The number of allylic oxidation sites excluding steroid dienone is 1. The molecule has 6 heteroatoms. The standard InChI is InChI=1S/C38H65NO5/c1-12-37(13-2,39-10)22-44-31-28(42-11)20-38-23-43-21-34(31,7)29(38)15-14-26-27(38)16-17-36(9)30(32(40)41)33(6,25(5)24(3)4)18-19-35(26,36)8/h16,24-26,28-31,39H,12-15,17-23H2,1-11H3,(H,40,41)/t25-,26+,28-,29+,30-,31+,33-,34-,35-,36+,38+/m1/s1. The van der Waals surface area contributed by atoms with Crippen LogP contribution in [0.3, 0.4) is 0 Å². The Labute approximate surface area is 268 Å². The number of fused-ring (bicyclic) bond motifs is 3. The number of nitrogens with one attached hydrogen (secondary N) is 1. The maximum atomic E-state index is 13.3. The van der Waals surface area contributed by atoms with E-state index in [9.17, 15) is 9.90 Å². The molecule has 0 spiro atoms. The second-order valence-electron chi connectivity index (χ2n) is 17.3. The van der Waals surface area contributed by atoms with Crippen LogP contribution < -0.4 is 5.32 Å². The third kappa shape index (κ3) is 4.57. The average Bonchev–Trinajstić information content (AvgIpc) is 2.98. The fraction of sp³-hybridized carbons (Fsp3) is 0.921. The lowest BCUT2D eigenvalue weighted by Crippen LogP contribution is -2.70. The summed E-state index contributed by atoms with van der Waals surface area (Å²) in [6.45, 7) is 22.9. The van der Waals surface area contributed by atoms with Gasteiger partial charge in [0, 0.05) is 23.5 Å². The normalized spacial score (nSPS) is 46.0. The van der Waals surface area contributed by atoms with E-state index in [2.05, 4.69) is 80.8 Å². The predicted octanol–water partition coefficient (Wildman–Crippen LogP) is 7.75. The minimum absolute atomic E-state index is 0.00232. The van der Waals surface area contributed by atoms with Gasteiger partial charge in [-0.1, -0.05) is 74.0 Å². The highest BCUT2D eigenvalue weighted by molar-refractivity contribution is 5.73. The Bertz CT molecular complexity index is 1110. The van der Waals surface area contributed by atoms with Crippen molar-refractivity contribution in [3.05, 3.63) is 11.6 Å². The van der Waals surface area contributed by atoms with Gasteiger partial charge >= 0.3 is 5.97 Å². The van der Waals surface area contributed by atoms with Crippen molar-refractivity contribution in [3.63, 3.8) is 0 Å². The first-order valence-corrected chi connectivity index (χ1v) is 17.9. The van der Waals surface area contributed by atoms with Crippen LogP contribution in [-0.4, -0.2) is 62.8 Å². The molecule has 1 saturated heterocycles. The van der Waals surface area contributed by atoms with Crippen LogP contribution >= 0.6 is 0 Å². The number of carboxylic acid groups (broad SMARTS) is 1. The highest BCUT2D eigenvalue weighted by Crippen LogP contribution is 2.75. The Morgan fingerprint density at radius 1 is 1.09 bits per heavy atom. The van der Waals surface area contributed by atoms with E-state index in [0.29, 0.717) is 36.9 Å². The average molecular weight is 616 g/mol. The summed E-state index contributed by atoms with van der Waals surface area (Å²) in [7, 11) is 3.92. The second kappa shape index (κ2) is 11.6. The fourth-order valence-electron chi connectivity index (χ4n) is 12.2. The minimum Gasteiger partial charge on any atom is -0.481 e. The van der Waals surface area contributed by atoms with Gasteiger partial charge in [-0.25, -0.2) is 0 Å². The summed E-state index contributed by atoms with van der Waals surface area (Å²) in [6, 6.07) is 0. The van der Waals surface area contributed by atoms with Gasteiger partial charge in [-0.3, -0.25) is 4.79 Å². The highest BCUT2D eigenvalue weighted by atomic mass is 16.5. The van der Waals surface area contributed by atoms with Gasteiger partial charge in [0.05, 0.1) is 37.9 Å². The lowest BCUT2D eigenvalue weighted by atomic mass is 9.34. The quantitative estimate of drug-likeness (QED) is 0.245. The molecular formula is C38H65NO5. The molecule has 4 aliphatic carbocycles. The van der Waals surface area contributed by atoms with Crippen molar-refractivity contribution in [1.29, 1.82) is 0 Å². The molecule has 252 valence electrons. The Morgan fingerprint density at radius 2 is 1.77 bits per heavy atom. The van der Waals surface area contributed by atoms with Gasteiger partial charge in [0.25, 0.3) is 0 Å². The molecule has 1 aliphatic heterocycles. The van der Waals surface area contributed by atoms with E-state index in [0.717, 1.165) is 58.0 Å². The van der Waals surface area contributed by atoms with E-state index in [1.165, 1.54) is 0 Å². The zero-order chi connectivity index (χ0) is 32.5. The molecule has 3 saturated carbocycles. The number of rotatable bonds is 10. The van der Waals surface area contributed by atoms with Crippen LogP contribution in [0.4, 0.5) is 0 Å². The first kappa shape index (κ1) is 34.4. The summed E-state index contributed by atoms with van der Waals surface area (Å²) in [4.78, 5) is 13.3. The van der Waals surface area contributed by atoms with Gasteiger partial charge in [-0.05, 0) is 98.3 Å². The van der Waals surface area contributed by atoms with Gasteiger partial charge in [0.15, 0.2) is 0 Å². The maximum absolute atomic E-state index is 13.3. The van der Waals surface area contributed by atoms with E-state index >= 15 is 0 Å². The number of hydrogen-bond donors (Lipinski definition) is 2. The molecule has 4 fully saturated rings. The Hall–Kier alpha value is -0.950. The Kier molecular flexibility index (Phi) is 9.09. The van der Waals surface area contributed by atoms with E-state index in [-0.39, 0.29) is 50.7 Å². The number of ether oxygens (including phenoxy) is 3.